The molecule has 10 heteroatoms. The number of aromatic hydroxyl groups is 1. The number of fused-ring (bicyclic) bond motifs is 1. The van der Waals surface area contributed by atoms with Gasteiger partial charge in [-0.3, -0.25) is 15.0 Å². The van der Waals surface area contributed by atoms with Gasteiger partial charge in [0.2, 0.25) is 5.75 Å². The lowest BCUT2D eigenvalue weighted by Crippen LogP contribution is -2.48. The van der Waals surface area contributed by atoms with Gasteiger partial charge in [-0.25, -0.2) is 0 Å². The molecule has 212 valence electrons. The van der Waals surface area contributed by atoms with E-state index in [1.54, 1.807) is 61.7 Å². The van der Waals surface area contributed by atoms with E-state index < -0.39 is 29.1 Å². The van der Waals surface area contributed by atoms with Crippen molar-refractivity contribution in [2.24, 2.45) is 5.92 Å². The van der Waals surface area contributed by atoms with Crippen LogP contribution >= 0.6 is 23.2 Å². The number of allylic oxidation sites excluding steroid dienone is 3. The van der Waals surface area contributed by atoms with Crippen molar-refractivity contribution in [1.82, 2.24) is 5.01 Å². The molecule has 8 nitrogen and oxygen atoms in total. The van der Waals surface area contributed by atoms with Crippen molar-refractivity contribution < 1.29 is 28.9 Å². The summed E-state index contributed by atoms with van der Waals surface area (Å²) in [7, 11) is 4.41. The average molecular weight is 595 g/mol. The normalized spacial score (nSPS) is 21.7. The standard InChI is InChI=1S/C31H28Cl2N2O6/c1-5-17-6-12-22-29(37)35(34-24-13-9-20(32)16-23(24)33)30(38)31(22,19-7-10-21(39-2)11-8-19)27(17)18-14-25(40-3)28(36)26(15-18)41-4/h5-11,13-16,22,27,34,36H,1,12H2,2-4H3. The Hall–Kier alpha value is -4.14. The summed E-state index contributed by atoms with van der Waals surface area (Å²) in [5, 5.41) is 12.3. The van der Waals surface area contributed by atoms with E-state index in [-0.39, 0.29) is 28.7 Å². The first kappa shape index (κ1) is 28.4. The molecule has 2 aliphatic rings. The summed E-state index contributed by atoms with van der Waals surface area (Å²) in [4.78, 5) is 28.9. The third-order valence-corrected chi connectivity index (χ3v) is 8.35. The fourth-order valence-corrected chi connectivity index (χ4v) is 6.38. The van der Waals surface area contributed by atoms with Gasteiger partial charge in [-0.1, -0.05) is 54.1 Å². The van der Waals surface area contributed by atoms with Crippen LogP contribution in [0.5, 0.6) is 23.0 Å². The van der Waals surface area contributed by atoms with Gasteiger partial charge in [0.25, 0.3) is 11.8 Å². The number of benzene rings is 3. The molecule has 1 saturated heterocycles. The molecular formula is C31H28Cl2N2O6. The zero-order chi connectivity index (χ0) is 29.5. The molecule has 0 bridgehead atoms. The van der Waals surface area contributed by atoms with Gasteiger partial charge in [-0.15, -0.1) is 0 Å². The van der Waals surface area contributed by atoms with E-state index in [4.69, 9.17) is 37.4 Å². The van der Waals surface area contributed by atoms with Crippen molar-refractivity contribution in [3.63, 3.8) is 0 Å². The van der Waals surface area contributed by atoms with E-state index >= 15 is 0 Å². The summed E-state index contributed by atoms with van der Waals surface area (Å²) in [6.45, 7) is 4.02. The molecule has 0 spiro atoms. The van der Waals surface area contributed by atoms with Gasteiger partial charge in [-0.2, -0.15) is 5.01 Å². The quantitative estimate of drug-likeness (QED) is 0.296. The maximum Gasteiger partial charge on any atom is 0.260 e. The number of nitrogens with zero attached hydrogens (tertiary/aromatic N) is 1. The number of nitrogens with one attached hydrogen (secondary N) is 1. The molecule has 3 atom stereocenters. The van der Waals surface area contributed by atoms with Crippen molar-refractivity contribution in [3.8, 4) is 23.0 Å². The largest absolute Gasteiger partial charge is 0.502 e. The highest BCUT2D eigenvalue weighted by atomic mass is 35.5. The van der Waals surface area contributed by atoms with Gasteiger partial charge in [-0.05, 0) is 65.6 Å². The Morgan fingerprint density at radius 2 is 1.66 bits per heavy atom. The van der Waals surface area contributed by atoms with Gasteiger partial charge in [0.15, 0.2) is 11.5 Å². The number of phenols is 1. The summed E-state index contributed by atoms with van der Waals surface area (Å²) in [5.74, 6) is -1.65. The van der Waals surface area contributed by atoms with Crippen LogP contribution in [-0.2, 0) is 15.0 Å². The minimum Gasteiger partial charge on any atom is -0.502 e. The summed E-state index contributed by atoms with van der Waals surface area (Å²) in [6.07, 6.45) is 3.88. The fourth-order valence-electron chi connectivity index (χ4n) is 5.93. The van der Waals surface area contributed by atoms with Crippen molar-refractivity contribution in [2.75, 3.05) is 26.8 Å². The molecule has 0 aromatic heterocycles. The lowest BCUT2D eigenvalue weighted by atomic mass is 9.56. The van der Waals surface area contributed by atoms with Gasteiger partial charge in [0, 0.05) is 10.9 Å². The molecule has 2 N–H and O–H groups in total. The average Bonchev–Trinajstić information content (AvgIpc) is 3.20. The van der Waals surface area contributed by atoms with Crippen LogP contribution in [0.2, 0.25) is 10.0 Å². The first-order valence-electron chi connectivity index (χ1n) is 12.7. The zero-order valence-corrected chi connectivity index (χ0v) is 24.1. The number of imide groups is 1. The van der Waals surface area contributed by atoms with E-state index in [0.29, 0.717) is 27.6 Å². The highest BCUT2D eigenvalue weighted by Crippen LogP contribution is 2.59. The highest BCUT2D eigenvalue weighted by molar-refractivity contribution is 6.36. The molecule has 41 heavy (non-hydrogen) atoms. The Morgan fingerprint density at radius 3 is 2.22 bits per heavy atom. The van der Waals surface area contributed by atoms with Gasteiger partial charge < -0.3 is 19.3 Å². The molecule has 0 radical (unpaired) electrons. The molecule has 1 heterocycles. The fraction of sp³-hybridized carbons (Fsp3) is 0.226. The number of halogens is 2. The Balaban J connectivity index is 1.77. The molecule has 1 fully saturated rings. The Bertz CT molecular complexity index is 1550. The number of anilines is 1. The summed E-state index contributed by atoms with van der Waals surface area (Å²) in [6, 6.07) is 15.1. The summed E-state index contributed by atoms with van der Waals surface area (Å²) >= 11 is 12.5. The number of amides is 2. The van der Waals surface area contributed by atoms with Crippen molar-refractivity contribution in [3.05, 3.63) is 100 Å². The van der Waals surface area contributed by atoms with Crippen LogP contribution in [0.25, 0.3) is 0 Å². The molecule has 3 unspecified atom stereocenters. The maximum atomic E-state index is 14.8. The third-order valence-electron chi connectivity index (χ3n) is 7.81. The molecule has 3 aromatic rings. The third kappa shape index (κ3) is 4.47. The SMILES string of the molecule is C=CC1=CCC2C(=O)N(Nc3ccc(Cl)cc3Cl)C(=O)C2(c2ccc(OC)cc2)C1c1cc(OC)c(O)c(OC)c1. The number of carbonyl (C=O) groups excluding carboxylic acids is 2. The van der Waals surface area contributed by atoms with E-state index in [9.17, 15) is 14.7 Å². The first-order valence-corrected chi connectivity index (χ1v) is 13.5. The number of methoxy groups -OCH3 is 3. The predicted molar refractivity (Wildman–Crippen MR) is 157 cm³/mol. The Labute approximate surface area is 247 Å². The van der Waals surface area contributed by atoms with Crippen LogP contribution in [0, 0.1) is 5.92 Å². The van der Waals surface area contributed by atoms with Gasteiger partial charge in [0.1, 0.15) is 5.75 Å². The van der Waals surface area contributed by atoms with Crippen LogP contribution < -0.4 is 19.6 Å². The predicted octanol–water partition coefficient (Wildman–Crippen LogP) is 6.27. The van der Waals surface area contributed by atoms with Crippen LogP contribution in [0.1, 0.15) is 23.5 Å². The topological polar surface area (TPSA) is 97.3 Å². The first-order chi connectivity index (χ1) is 19.7. The molecular weight excluding hydrogens is 567 g/mol. The number of ether oxygens (including phenoxy) is 3. The Morgan fingerprint density at radius 1 is 1.00 bits per heavy atom. The minimum atomic E-state index is -1.42. The monoisotopic (exact) mass is 594 g/mol. The summed E-state index contributed by atoms with van der Waals surface area (Å²) in [5.41, 5.74) is 3.82. The molecule has 1 aliphatic heterocycles. The van der Waals surface area contributed by atoms with E-state index in [1.165, 1.54) is 20.3 Å². The number of carbonyl (C=O) groups is 2. The van der Waals surface area contributed by atoms with Crippen LogP contribution in [-0.4, -0.2) is 43.3 Å². The lowest BCUT2D eigenvalue weighted by molar-refractivity contribution is -0.138. The highest BCUT2D eigenvalue weighted by Gasteiger charge is 2.66. The zero-order valence-electron chi connectivity index (χ0n) is 22.6. The number of hydrazine groups is 1. The smallest absolute Gasteiger partial charge is 0.260 e. The lowest BCUT2D eigenvalue weighted by Gasteiger charge is -2.43. The molecule has 1 aliphatic carbocycles. The van der Waals surface area contributed by atoms with E-state index in [2.05, 4.69) is 12.0 Å². The number of rotatable bonds is 8. The van der Waals surface area contributed by atoms with Crippen LogP contribution in [0.4, 0.5) is 5.69 Å². The second-order valence-electron chi connectivity index (χ2n) is 9.72. The molecule has 3 aromatic carbocycles. The van der Waals surface area contributed by atoms with Gasteiger partial charge in [0.05, 0.1) is 43.4 Å². The second kappa shape index (κ2) is 11.0. The Kier molecular flexibility index (Phi) is 7.64. The van der Waals surface area contributed by atoms with Crippen LogP contribution in [0.3, 0.4) is 0 Å². The number of phenolic OH excluding ortho intramolecular Hbond substituents is 1. The van der Waals surface area contributed by atoms with E-state index in [1.807, 2.05) is 6.08 Å². The van der Waals surface area contributed by atoms with E-state index in [0.717, 1.165) is 10.6 Å². The van der Waals surface area contributed by atoms with Crippen molar-refractivity contribution in [1.29, 1.82) is 0 Å². The van der Waals surface area contributed by atoms with Crippen molar-refractivity contribution in [2.45, 2.75) is 17.8 Å². The number of hydrogen-bond acceptors (Lipinski definition) is 7. The van der Waals surface area contributed by atoms with Crippen molar-refractivity contribution >= 4 is 40.7 Å². The minimum absolute atomic E-state index is 0.162. The maximum absolute atomic E-state index is 14.8. The summed E-state index contributed by atoms with van der Waals surface area (Å²) < 4.78 is 16.3. The number of hydrogen-bond donors (Lipinski definition) is 2. The molecule has 2 amide bonds. The molecule has 0 saturated carbocycles. The van der Waals surface area contributed by atoms with Crippen LogP contribution in [0.15, 0.2) is 78.9 Å². The molecule has 5 rings (SSSR count). The van der Waals surface area contributed by atoms with Gasteiger partial charge >= 0.3 is 0 Å². The second-order valence-corrected chi connectivity index (χ2v) is 10.6.